The van der Waals surface area contributed by atoms with Crippen molar-refractivity contribution in [3.05, 3.63) is 41.4 Å². The van der Waals surface area contributed by atoms with Crippen molar-refractivity contribution < 1.29 is 19.1 Å². The number of hydrogen-bond donors (Lipinski definition) is 2. The lowest BCUT2D eigenvalue weighted by Crippen LogP contribution is -2.58. The number of rotatable bonds is 5. The van der Waals surface area contributed by atoms with Gasteiger partial charge in [0.1, 0.15) is 11.6 Å². The molecule has 3 amide bonds. The monoisotopic (exact) mass is 497 g/mol. The van der Waals surface area contributed by atoms with Crippen molar-refractivity contribution >= 4 is 35.0 Å². The van der Waals surface area contributed by atoms with Gasteiger partial charge in [-0.15, -0.1) is 0 Å². The highest BCUT2D eigenvalue weighted by atomic mass is 35.5. The Labute approximate surface area is 210 Å². The molecule has 1 spiro atoms. The Morgan fingerprint density at radius 1 is 1.09 bits per heavy atom. The first-order valence-electron chi connectivity index (χ1n) is 12.9. The van der Waals surface area contributed by atoms with Crippen LogP contribution >= 0.6 is 11.6 Å². The lowest BCUT2D eigenvalue weighted by atomic mass is 9.73. The van der Waals surface area contributed by atoms with E-state index in [1.807, 2.05) is 12.2 Å². The molecule has 0 aromatic heterocycles. The zero-order valence-electron chi connectivity index (χ0n) is 20.1. The second kappa shape index (κ2) is 8.34. The third-order valence-electron chi connectivity index (χ3n) is 8.95. The normalized spacial score (nSPS) is 39.6. The van der Waals surface area contributed by atoms with Crippen molar-refractivity contribution in [2.24, 2.45) is 23.7 Å². The van der Waals surface area contributed by atoms with Crippen molar-refractivity contribution in [2.45, 2.75) is 75.8 Å². The van der Waals surface area contributed by atoms with Crippen LogP contribution in [0.4, 0.5) is 5.69 Å². The van der Waals surface area contributed by atoms with Gasteiger partial charge in [0.15, 0.2) is 0 Å². The van der Waals surface area contributed by atoms with E-state index < -0.39 is 29.6 Å². The van der Waals surface area contributed by atoms with E-state index in [9.17, 15) is 14.4 Å². The smallest absolute Gasteiger partial charge is 0.246 e. The quantitative estimate of drug-likeness (QED) is 0.609. The molecule has 4 fully saturated rings. The molecule has 35 heavy (non-hydrogen) atoms. The van der Waals surface area contributed by atoms with Crippen LogP contribution in [0.25, 0.3) is 0 Å². The second-order valence-electron chi connectivity index (χ2n) is 11.1. The summed E-state index contributed by atoms with van der Waals surface area (Å²) in [7, 11) is 0. The van der Waals surface area contributed by atoms with Gasteiger partial charge in [-0.25, -0.2) is 0 Å². The van der Waals surface area contributed by atoms with Gasteiger partial charge in [-0.3, -0.25) is 14.4 Å². The lowest BCUT2D eigenvalue weighted by Gasteiger charge is -2.38. The summed E-state index contributed by atoms with van der Waals surface area (Å²) in [5.74, 6) is -1.03. The number of ether oxygens (including phenoxy) is 1. The number of halogens is 1. The summed E-state index contributed by atoms with van der Waals surface area (Å²) in [5.41, 5.74) is -0.487. The summed E-state index contributed by atoms with van der Waals surface area (Å²) >= 11 is 5.97. The number of carbonyl (C=O) groups excluding carboxylic acids is 3. The standard InChI is InChI=1S/C27H32ClN3O4/c1-14-4-3-5-19(15(14)2)30-25(33)23-27-13-12-20(35-27)21(22(27)26(34)31(23)18-10-11-18)24(32)29-17-8-6-16(28)7-9-17/h6-9,12-15,18-23H,3-5,10-11H2,1-2H3,(H,29,32)(H,30,33)/t14-,15+,19+,20-,21+,22-,23+,27+/m1/s1. The predicted molar refractivity (Wildman–Crippen MR) is 132 cm³/mol. The van der Waals surface area contributed by atoms with E-state index in [0.717, 1.165) is 25.7 Å². The van der Waals surface area contributed by atoms with Crippen LogP contribution in [0.3, 0.4) is 0 Å². The Bertz CT molecular complexity index is 1090. The van der Waals surface area contributed by atoms with Gasteiger partial charge < -0.3 is 20.3 Å². The van der Waals surface area contributed by atoms with Gasteiger partial charge in [0.05, 0.1) is 17.9 Å². The Morgan fingerprint density at radius 2 is 1.83 bits per heavy atom. The summed E-state index contributed by atoms with van der Waals surface area (Å²) in [6, 6.07) is 6.26. The topological polar surface area (TPSA) is 87.7 Å². The van der Waals surface area contributed by atoms with Crippen molar-refractivity contribution in [3.8, 4) is 0 Å². The molecule has 2 bridgehead atoms. The summed E-state index contributed by atoms with van der Waals surface area (Å²) in [4.78, 5) is 42.8. The van der Waals surface area contributed by atoms with Crippen LogP contribution in [0.2, 0.25) is 5.02 Å². The van der Waals surface area contributed by atoms with Crippen LogP contribution < -0.4 is 10.6 Å². The minimum absolute atomic E-state index is 0.0388. The maximum absolute atomic E-state index is 13.8. The fourth-order valence-electron chi connectivity index (χ4n) is 6.76. The molecule has 3 heterocycles. The third-order valence-corrected chi connectivity index (χ3v) is 9.20. The van der Waals surface area contributed by atoms with Crippen molar-refractivity contribution in [1.29, 1.82) is 0 Å². The van der Waals surface area contributed by atoms with E-state index in [1.54, 1.807) is 29.2 Å². The van der Waals surface area contributed by atoms with E-state index >= 15 is 0 Å². The molecule has 2 saturated carbocycles. The average molecular weight is 498 g/mol. The number of carbonyl (C=O) groups is 3. The largest absolute Gasteiger partial charge is 0.359 e. The highest BCUT2D eigenvalue weighted by molar-refractivity contribution is 6.30. The van der Waals surface area contributed by atoms with Crippen LogP contribution in [-0.4, -0.2) is 52.5 Å². The first kappa shape index (κ1) is 23.0. The molecule has 3 aliphatic heterocycles. The van der Waals surface area contributed by atoms with E-state index in [4.69, 9.17) is 16.3 Å². The van der Waals surface area contributed by atoms with Crippen LogP contribution in [0.15, 0.2) is 36.4 Å². The molecule has 2 aliphatic carbocycles. The number of nitrogens with one attached hydrogen (secondary N) is 2. The number of hydrogen-bond acceptors (Lipinski definition) is 4. The molecule has 0 unspecified atom stereocenters. The Hall–Kier alpha value is -2.38. The van der Waals surface area contributed by atoms with Gasteiger partial charge >= 0.3 is 0 Å². The van der Waals surface area contributed by atoms with Crippen LogP contribution in [0.1, 0.15) is 46.0 Å². The zero-order chi connectivity index (χ0) is 24.5. The molecule has 1 aromatic carbocycles. The molecule has 2 N–H and O–H groups in total. The molecular weight excluding hydrogens is 466 g/mol. The maximum Gasteiger partial charge on any atom is 0.246 e. The molecule has 2 saturated heterocycles. The molecule has 6 rings (SSSR count). The first-order valence-corrected chi connectivity index (χ1v) is 13.2. The van der Waals surface area contributed by atoms with E-state index in [1.165, 1.54) is 6.42 Å². The molecule has 0 radical (unpaired) electrons. The lowest BCUT2D eigenvalue weighted by molar-refractivity contribution is -0.142. The SMILES string of the molecule is C[C@H]1[C@H](C)CCC[C@@H]1NC(=O)[C@@H]1N(C2CC2)C(=O)[C@H]2[C@@H](C(=O)Nc3ccc(Cl)cc3)[C@H]3C=C[C@@]12O3. The summed E-state index contributed by atoms with van der Waals surface area (Å²) in [5, 5.41) is 6.80. The number of likely N-dealkylation sites (tertiary alicyclic amines) is 1. The van der Waals surface area contributed by atoms with Gasteiger partial charge in [0, 0.05) is 22.8 Å². The minimum atomic E-state index is -1.10. The number of anilines is 1. The summed E-state index contributed by atoms with van der Waals surface area (Å²) in [6.07, 6.45) is 8.18. The summed E-state index contributed by atoms with van der Waals surface area (Å²) < 4.78 is 6.41. The van der Waals surface area contributed by atoms with Crippen molar-refractivity contribution in [1.82, 2.24) is 10.2 Å². The fraction of sp³-hybridized carbons (Fsp3) is 0.593. The van der Waals surface area contributed by atoms with Crippen molar-refractivity contribution in [3.63, 3.8) is 0 Å². The number of benzene rings is 1. The molecule has 5 aliphatic rings. The van der Waals surface area contributed by atoms with Gasteiger partial charge in [-0.1, -0.05) is 50.4 Å². The summed E-state index contributed by atoms with van der Waals surface area (Å²) in [6.45, 7) is 4.44. The second-order valence-corrected chi connectivity index (χ2v) is 11.5. The van der Waals surface area contributed by atoms with Gasteiger partial charge in [-0.05, 0) is 55.4 Å². The van der Waals surface area contributed by atoms with Crippen LogP contribution in [0.5, 0.6) is 0 Å². The maximum atomic E-state index is 13.8. The van der Waals surface area contributed by atoms with E-state index in [2.05, 4.69) is 24.5 Å². The van der Waals surface area contributed by atoms with Crippen molar-refractivity contribution in [2.75, 3.05) is 5.32 Å². The minimum Gasteiger partial charge on any atom is -0.359 e. The Morgan fingerprint density at radius 3 is 2.54 bits per heavy atom. The average Bonchev–Trinajstić information content (AvgIpc) is 3.42. The zero-order valence-corrected chi connectivity index (χ0v) is 20.8. The van der Waals surface area contributed by atoms with E-state index in [-0.39, 0.29) is 29.8 Å². The van der Waals surface area contributed by atoms with Crippen LogP contribution in [-0.2, 0) is 19.1 Å². The molecule has 8 atom stereocenters. The van der Waals surface area contributed by atoms with E-state index in [0.29, 0.717) is 22.5 Å². The number of fused-ring (bicyclic) bond motifs is 1. The van der Waals surface area contributed by atoms with Gasteiger partial charge in [-0.2, -0.15) is 0 Å². The molecule has 186 valence electrons. The number of nitrogens with zero attached hydrogens (tertiary/aromatic N) is 1. The molecular formula is C27H32ClN3O4. The Balaban J connectivity index is 1.28. The van der Waals surface area contributed by atoms with Crippen LogP contribution in [0, 0.1) is 23.7 Å². The number of amides is 3. The highest BCUT2D eigenvalue weighted by Crippen LogP contribution is 2.57. The Kier molecular flexibility index (Phi) is 5.49. The molecule has 7 nitrogen and oxygen atoms in total. The fourth-order valence-corrected chi connectivity index (χ4v) is 6.88. The highest BCUT2D eigenvalue weighted by Gasteiger charge is 2.74. The first-order chi connectivity index (χ1) is 16.8. The van der Waals surface area contributed by atoms with Gasteiger partial charge in [0.2, 0.25) is 17.7 Å². The molecule has 8 heteroatoms. The third kappa shape index (κ3) is 3.61. The molecule has 1 aromatic rings. The predicted octanol–water partition coefficient (Wildman–Crippen LogP) is 3.53. The van der Waals surface area contributed by atoms with Gasteiger partial charge in [0.25, 0.3) is 0 Å².